The van der Waals surface area contributed by atoms with E-state index in [2.05, 4.69) is 4.90 Å². The van der Waals surface area contributed by atoms with Crippen molar-refractivity contribution >= 4 is 33.0 Å². The Labute approximate surface area is 163 Å². The summed E-state index contributed by atoms with van der Waals surface area (Å²) in [6, 6.07) is 10.4. The van der Waals surface area contributed by atoms with Crippen molar-refractivity contribution in [2.24, 2.45) is 0 Å². The van der Waals surface area contributed by atoms with Crippen LogP contribution in [0.15, 0.2) is 47.4 Å². The minimum atomic E-state index is -3.43. The van der Waals surface area contributed by atoms with Crippen LogP contribution in [0.4, 0.5) is 10.1 Å². The molecule has 8 heteroatoms. The van der Waals surface area contributed by atoms with E-state index >= 15 is 0 Å². The van der Waals surface area contributed by atoms with E-state index in [-0.39, 0.29) is 27.2 Å². The van der Waals surface area contributed by atoms with Crippen molar-refractivity contribution in [3.05, 3.63) is 58.9 Å². The van der Waals surface area contributed by atoms with Crippen molar-refractivity contribution in [2.75, 3.05) is 37.3 Å². The van der Waals surface area contributed by atoms with Crippen molar-refractivity contribution < 1.29 is 17.6 Å². The lowest BCUT2D eigenvalue weighted by atomic mass is 10.2. The number of rotatable bonds is 3. The summed E-state index contributed by atoms with van der Waals surface area (Å²) in [7, 11) is -3.43. The van der Waals surface area contributed by atoms with Crippen LogP contribution in [-0.4, -0.2) is 51.7 Å². The zero-order chi connectivity index (χ0) is 19.6. The molecule has 0 aromatic heterocycles. The lowest BCUT2D eigenvalue weighted by molar-refractivity contribution is 0.0767. The predicted molar refractivity (Wildman–Crippen MR) is 104 cm³/mol. The Morgan fingerprint density at radius 1 is 1.04 bits per heavy atom. The monoisotopic (exact) mass is 410 g/mol. The molecule has 1 heterocycles. The Balaban J connectivity index is 1.77. The Morgan fingerprint density at radius 3 is 2.41 bits per heavy atom. The fraction of sp³-hybridized carbons (Fsp3) is 0.316. The van der Waals surface area contributed by atoms with E-state index in [1.807, 2.05) is 0 Å². The van der Waals surface area contributed by atoms with Crippen molar-refractivity contribution in [1.29, 1.82) is 0 Å². The van der Waals surface area contributed by atoms with Gasteiger partial charge in [-0.3, -0.25) is 4.79 Å². The third kappa shape index (κ3) is 4.59. The molecule has 0 radical (unpaired) electrons. The summed E-state index contributed by atoms with van der Waals surface area (Å²) in [4.78, 5) is 16.8. The Hall–Kier alpha value is -2.12. The molecule has 0 unspecified atom stereocenters. The van der Waals surface area contributed by atoms with E-state index in [9.17, 15) is 17.6 Å². The van der Waals surface area contributed by atoms with E-state index in [4.69, 9.17) is 11.6 Å². The summed E-state index contributed by atoms with van der Waals surface area (Å²) < 4.78 is 36.7. The van der Waals surface area contributed by atoms with Crippen LogP contribution in [-0.2, 0) is 9.84 Å². The van der Waals surface area contributed by atoms with Gasteiger partial charge in [0.2, 0.25) is 0 Å². The summed E-state index contributed by atoms with van der Waals surface area (Å²) in [5.74, 6) is -0.572. The summed E-state index contributed by atoms with van der Waals surface area (Å²) in [5, 5.41) is 0.229. The fourth-order valence-corrected chi connectivity index (χ4v) is 3.95. The van der Waals surface area contributed by atoms with E-state index < -0.39 is 9.84 Å². The molecule has 1 fully saturated rings. The number of sulfone groups is 1. The molecule has 27 heavy (non-hydrogen) atoms. The summed E-state index contributed by atoms with van der Waals surface area (Å²) in [6.45, 7) is 2.35. The summed E-state index contributed by atoms with van der Waals surface area (Å²) >= 11 is 6.15. The fourth-order valence-electron chi connectivity index (χ4n) is 3.10. The molecule has 0 bridgehead atoms. The SMILES string of the molecule is CS(=O)(=O)c1ccc(Cl)c(C(=O)N2CCCN(c3ccc(F)cc3)CC2)c1. The zero-order valence-electron chi connectivity index (χ0n) is 14.9. The topological polar surface area (TPSA) is 57.7 Å². The standard InChI is InChI=1S/C19H20ClFN2O3S/c1-27(25,26)16-7-8-18(20)17(13-16)19(24)23-10-2-9-22(11-12-23)15-5-3-14(21)4-6-15/h3-8,13H,2,9-12H2,1H3. The lowest BCUT2D eigenvalue weighted by Gasteiger charge is -2.24. The first-order valence-corrected chi connectivity index (χ1v) is 10.8. The number of carbonyl (C=O) groups excluding carboxylic acids is 1. The number of hydrogen-bond donors (Lipinski definition) is 0. The highest BCUT2D eigenvalue weighted by molar-refractivity contribution is 7.90. The van der Waals surface area contributed by atoms with Gasteiger partial charge in [-0.15, -0.1) is 0 Å². The minimum absolute atomic E-state index is 0.0676. The first-order valence-electron chi connectivity index (χ1n) is 8.55. The first kappa shape index (κ1) is 19.6. The number of benzene rings is 2. The highest BCUT2D eigenvalue weighted by Crippen LogP contribution is 2.23. The van der Waals surface area contributed by atoms with Gasteiger partial charge in [-0.05, 0) is 48.9 Å². The number of halogens is 2. The van der Waals surface area contributed by atoms with E-state index in [0.717, 1.165) is 24.9 Å². The molecule has 1 amide bonds. The molecule has 2 aromatic carbocycles. The van der Waals surface area contributed by atoms with Gasteiger partial charge < -0.3 is 9.80 Å². The molecular weight excluding hydrogens is 391 g/mol. The van der Waals surface area contributed by atoms with Gasteiger partial charge in [0.05, 0.1) is 15.5 Å². The van der Waals surface area contributed by atoms with Crippen LogP contribution in [0.5, 0.6) is 0 Å². The number of anilines is 1. The van der Waals surface area contributed by atoms with Gasteiger partial charge in [-0.2, -0.15) is 0 Å². The molecule has 2 aromatic rings. The second-order valence-electron chi connectivity index (χ2n) is 6.52. The molecule has 1 saturated heterocycles. The van der Waals surface area contributed by atoms with Crippen molar-refractivity contribution in [1.82, 2.24) is 4.90 Å². The van der Waals surface area contributed by atoms with Crippen molar-refractivity contribution in [3.8, 4) is 0 Å². The van der Waals surface area contributed by atoms with Crippen LogP contribution >= 0.6 is 11.6 Å². The van der Waals surface area contributed by atoms with Gasteiger partial charge in [-0.25, -0.2) is 12.8 Å². The summed E-state index contributed by atoms with van der Waals surface area (Å²) in [6.07, 6.45) is 1.84. The number of amides is 1. The number of carbonyl (C=O) groups is 1. The molecule has 0 N–H and O–H groups in total. The average Bonchev–Trinajstić information content (AvgIpc) is 2.87. The van der Waals surface area contributed by atoms with Gasteiger partial charge in [0.25, 0.3) is 5.91 Å². The molecule has 0 aliphatic carbocycles. The predicted octanol–water partition coefficient (Wildman–Crippen LogP) is 3.24. The van der Waals surface area contributed by atoms with Gasteiger partial charge in [0.1, 0.15) is 5.82 Å². The molecule has 1 aliphatic heterocycles. The first-order chi connectivity index (χ1) is 12.8. The largest absolute Gasteiger partial charge is 0.370 e. The number of nitrogens with zero attached hydrogens (tertiary/aromatic N) is 2. The van der Waals surface area contributed by atoms with Crippen LogP contribution in [0, 0.1) is 5.82 Å². The average molecular weight is 411 g/mol. The van der Waals surface area contributed by atoms with Gasteiger partial charge in [0.15, 0.2) is 9.84 Å². The molecule has 3 rings (SSSR count). The zero-order valence-corrected chi connectivity index (χ0v) is 16.4. The minimum Gasteiger partial charge on any atom is -0.370 e. The Kier molecular flexibility index (Phi) is 5.72. The third-order valence-electron chi connectivity index (χ3n) is 4.57. The van der Waals surface area contributed by atoms with E-state index in [1.54, 1.807) is 17.0 Å². The smallest absolute Gasteiger partial charge is 0.255 e. The lowest BCUT2D eigenvalue weighted by Crippen LogP contribution is -2.35. The third-order valence-corrected chi connectivity index (χ3v) is 6.01. The Morgan fingerprint density at radius 2 is 1.74 bits per heavy atom. The van der Waals surface area contributed by atoms with Crippen molar-refractivity contribution in [3.63, 3.8) is 0 Å². The Bertz CT molecular complexity index is 948. The molecule has 0 saturated carbocycles. The molecule has 0 spiro atoms. The second kappa shape index (κ2) is 7.86. The van der Waals surface area contributed by atoms with E-state index in [0.29, 0.717) is 19.6 Å². The number of hydrogen-bond acceptors (Lipinski definition) is 4. The van der Waals surface area contributed by atoms with Crippen LogP contribution in [0.1, 0.15) is 16.8 Å². The second-order valence-corrected chi connectivity index (χ2v) is 8.95. The summed E-state index contributed by atoms with van der Waals surface area (Å²) in [5.41, 5.74) is 1.10. The van der Waals surface area contributed by atoms with Crippen molar-refractivity contribution in [2.45, 2.75) is 11.3 Å². The molecule has 0 atom stereocenters. The van der Waals surface area contributed by atoms with Gasteiger partial charge >= 0.3 is 0 Å². The molecule has 1 aliphatic rings. The van der Waals surface area contributed by atoms with Crippen LogP contribution in [0.2, 0.25) is 5.02 Å². The van der Waals surface area contributed by atoms with Gasteiger partial charge in [0, 0.05) is 38.1 Å². The van der Waals surface area contributed by atoms with E-state index in [1.165, 1.54) is 30.3 Å². The van der Waals surface area contributed by atoms with Crippen LogP contribution in [0.25, 0.3) is 0 Å². The van der Waals surface area contributed by atoms with Gasteiger partial charge in [-0.1, -0.05) is 11.6 Å². The highest BCUT2D eigenvalue weighted by Gasteiger charge is 2.23. The van der Waals surface area contributed by atoms with Crippen LogP contribution < -0.4 is 4.90 Å². The normalized spacial score (nSPS) is 15.5. The molecular formula is C19H20ClFN2O3S. The quantitative estimate of drug-likeness (QED) is 0.779. The maximum absolute atomic E-state index is 13.1. The maximum atomic E-state index is 13.1. The maximum Gasteiger partial charge on any atom is 0.255 e. The highest BCUT2D eigenvalue weighted by atomic mass is 35.5. The molecule has 144 valence electrons. The van der Waals surface area contributed by atoms with Crippen LogP contribution in [0.3, 0.4) is 0 Å². The molecule has 5 nitrogen and oxygen atoms in total.